The van der Waals surface area contributed by atoms with Crippen molar-refractivity contribution >= 4 is 47.2 Å². The minimum absolute atomic E-state index is 0.0130. The normalized spacial score (nSPS) is 14.5. The number of primary amides is 1. The Morgan fingerprint density at radius 2 is 1.41 bits per heavy atom. The predicted octanol–water partition coefficient (Wildman–Crippen LogP) is -0.558. The molecule has 1 aromatic carbocycles. The number of nitrogens with two attached hydrogens (primary N) is 1. The molecule has 0 fully saturated rings. The molecule has 0 bridgehead atoms. The summed E-state index contributed by atoms with van der Waals surface area (Å²) in [5, 5.41) is 23.0. The Hall–Kier alpha value is -5.15. The van der Waals surface area contributed by atoms with E-state index in [2.05, 4.69) is 26.6 Å². The molecule has 2 rings (SSSR count). The molecule has 20 nitrogen and oxygen atoms in total. The van der Waals surface area contributed by atoms with Gasteiger partial charge in [-0.05, 0) is 42.5 Å². The second-order valence-electron chi connectivity index (χ2n) is 13.4. The number of hydrogen-bond donors (Lipinski definition) is 7. The zero-order valence-corrected chi connectivity index (χ0v) is 33.5. The van der Waals surface area contributed by atoms with E-state index in [1.54, 1.807) is 38.1 Å². The number of hydrogen-bond acceptors (Lipinski definition) is 13. The van der Waals surface area contributed by atoms with E-state index < -0.39 is 48.0 Å². The number of carbonyl (C=O) groups is 7. The average molecular weight is 822 g/mol. The molecule has 0 aliphatic carbocycles. The summed E-state index contributed by atoms with van der Waals surface area (Å²) in [6, 6.07) is 3.98. The monoisotopic (exact) mass is 821 g/mol. The first-order valence-electron chi connectivity index (χ1n) is 19.2. The van der Waals surface area contributed by atoms with Crippen molar-refractivity contribution in [3.63, 3.8) is 0 Å². The van der Waals surface area contributed by atoms with E-state index in [1.165, 1.54) is 24.0 Å². The molecule has 1 aliphatic rings. The van der Waals surface area contributed by atoms with E-state index in [0.717, 1.165) is 5.56 Å². The van der Waals surface area contributed by atoms with Crippen LogP contribution in [0, 0.1) is 5.92 Å². The SMILES string of the molecule is CC(=O)OCc1ccc(NC(=O)[C@@H](CCCNC(N)=O)NC(=O)[C@H](NC(=O)CCOCCOCCOCCOCCNC(=O)CCN2C(=O)C=CC2O)C(C)C)cc1. The van der Waals surface area contributed by atoms with Crippen LogP contribution in [0.25, 0.3) is 0 Å². The fourth-order valence-electron chi connectivity index (χ4n) is 5.17. The average Bonchev–Trinajstić information content (AvgIpc) is 3.50. The van der Waals surface area contributed by atoms with Gasteiger partial charge in [-0.25, -0.2) is 4.79 Å². The summed E-state index contributed by atoms with van der Waals surface area (Å²) in [5.74, 6) is -2.79. The van der Waals surface area contributed by atoms with Crippen molar-refractivity contribution in [2.24, 2.45) is 11.7 Å². The second kappa shape index (κ2) is 28.3. The van der Waals surface area contributed by atoms with Gasteiger partial charge in [0, 0.05) is 51.2 Å². The Kier molecular flexibility index (Phi) is 23.9. The van der Waals surface area contributed by atoms with Crippen molar-refractivity contribution in [2.75, 3.05) is 77.8 Å². The number of anilines is 1. The molecule has 1 aromatic rings. The molecule has 0 spiro atoms. The van der Waals surface area contributed by atoms with Gasteiger partial charge < -0.3 is 66.0 Å². The molecule has 0 radical (unpaired) electrons. The van der Waals surface area contributed by atoms with Crippen molar-refractivity contribution in [1.82, 2.24) is 26.2 Å². The van der Waals surface area contributed by atoms with Crippen LogP contribution in [-0.4, -0.2) is 142 Å². The number of nitrogens with one attached hydrogen (secondary N) is 5. The molecule has 8 N–H and O–H groups in total. The van der Waals surface area contributed by atoms with Crippen molar-refractivity contribution < 1.29 is 62.4 Å². The lowest BCUT2D eigenvalue weighted by atomic mass is 10.0. The smallest absolute Gasteiger partial charge is 0.312 e. The van der Waals surface area contributed by atoms with E-state index in [-0.39, 0.29) is 83.1 Å². The van der Waals surface area contributed by atoms with E-state index in [9.17, 15) is 38.7 Å². The molecule has 20 heteroatoms. The minimum atomic E-state index is -1.00. The van der Waals surface area contributed by atoms with Crippen molar-refractivity contribution in [2.45, 2.75) is 71.4 Å². The number of benzene rings is 1. The summed E-state index contributed by atoms with van der Waals surface area (Å²) < 4.78 is 26.8. The van der Waals surface area contributed by atoms with Gasteiger partial charge >= 0.3 is 12.0 Å². The number of amides is 7. The highest BCUT2D eigenvalue weighted by atomic mass is 16.6. The molecule has 3 atom stereocenters. The molecule has 324 valence electrons. The Labute approximate surface area is 338 Å². The second-order valence-corrected chi connectivity index (χ2v) is 13.4. The quantitative estimate of drug-likeness (QED) is 0.0379. The van der Waals surface area contributed by atoms with Crippen LogP contribution in [0.2, 0.25) is 0 Å². The number of carbonyl (C=O) groups excluding carboxylic acids is 7. The molecule has 1 unspecified atom stereocenters. The Morgan fingerprint density at radius 1 is 0.793 bits per heavy atom. The minimum Gasteiger partial charge on any atom is -0.461 e. The summed E-state index contributed by atoms with van der Waals surface area (Å²) in [7, 11) is 0. The lowest BCUT2D eigenvalue weighted by Gasteiger charge is -2.25. The Morgan fingerprint density at radius 3 is 1.98 bits per heavy atom. The lowest BCUT2D eigenvalue weighted by Crippen LogP contribution is -2.54. The summed E-state index contributed by atoms with van der Waals surface area (Å²) in [5.41, 5.74) is 6.31. The molecular weight excluding hydrogens is 762 g/mol. The number of esters is 1. The van der Waals surface area contributed by atoms with E-state index in [4.69, 9.17) is 29.4 Å². The molecule has 0 saturated carbocycles. The van der Waals surface area contributed by atoms with Crippen LogP contribution in [0.15, 0.2) is 36.4 Å². The fraction of sp³-hybridized carbons (Fsp3) is 0.605. The standard InChI is InChI=1S/C38H59N7O13/c1-26(2)35(37(52)43-30(5-4-14-41-38(39)53)36(51)42-29-8-6-28(7-9-29)25-58-27(3)46)44-32(48)13-17-54-19-21-56-23-24-57-22-20-55-18-15-40-31(47)12-16-45-33(49)10-11-34(45)50/h6-11,26,30,33,35,49H,4-5,12-25H2,1-3H3,(H,40,47)(H,42,51)(H,43,52)(H,44,48)(H3,39,41,53)/t30-,33?,35-/m1/s1. The highest BCUT2D eigenvalue weighted by Crippen LogP contribution is 2.13. The lowest BCUT2D eigenvalue weighted by molar-refractivity contribution is -0.142. The molecule has 1 heterocycles. The zero-order chi connectivity index (χ0) is 42.7. The van der Waals surface area contributed by atoms with Crippen molar-refractivity contribution in [3.05, 3.63) is 42.0 Å². The summed E-state index contributed by atoms with van der Waals surface area (Å²) in [6.07, 6.45) is 2.19. The Bertz CT molecular complexity index is 1490. The molecule has 1 aliphatic heterocycles. The maximum atomic E-state index is 13.4. The van der Waals surface area contributed by atoms with Crippen molar-refractivity contribution in [1.29, 1.82) is 0 Å². The van der Waals surface area contributed by atoms with Gasteiger partial charge in [0.25, 0.3) is 0 Å². The van der Waals surface area contributed by atoms with Gasteiger partial charge in [0.15, 0.2) is 0 Å². The third-order valence-electron chi connectivity index (χ3n) is 8.28. The number of urea groups is 1. The summed E-state index contributed by atoms with van der Waals surface area (Å²) in [4.78, 5) is 86.2. The van der Waals surface area contributed by atoms with Crippen LogP contribution in [-0.2, 0) is 59.1 Å². The third kappa shape index (κ3) is 21.4. The van der Waals surface area contributed by atoms with Crippen LogP contribution in [0.4, 0.5) is 10.5 Å². The van der Waals surface area contributed by atoms with Crippen LogP contribution in [0.1, 0.15) is 52.0 Å². The maximum Gasteiger partial charge on any atom is 0.312 e. The van der Waals surface area contributed by atoms with Crippen LogP contribution < -0.4 is 32.3 Å². The van der Waals surface area contributed by atoms with E-state index >= 15 is 0 Å². The van der Waals surface area contributed by atoms with Gasteiger partial charge in [-0.15, -0.1) is 0 Å². The number of rotatable bonds is 30. The first-order valence-corrected chi connectivity index (χ1v) is 19.2. The van der Waals surface area contributed by atoms with Crippen molar-refractivity contribution in [3.8, 4) is 0 Å². The number of aliphatic hydroxyl groups is 1. The largest absolute Gasteiger partial charge is 0.461 e. The van der Waals surface area contributed by atoms with Crippen LogP contribution >= 0.6 is 0 Å². The summed E-state index contributed by atoms with van der Waals surface area (Å²) >= 11 is 0. The van der Waals surface area contributed by atoms with Gasteiger partial charge in [0.2, 0.25) is 29.5 Å². The fourth-order valence-corrected chi connectivity index (χ4v) is 5.17. The van der Waals surface area contributed by atoms with Gasteiger partial charge in [0.05, 0.1) is 52.9 Å². The maximum absolute atomic E-state index is 13.4. The predicted molar refractivity (Wildman–Crippen MR) is 208 cm³/mol. The number of nitrogens with zero attached hydrogens (tertiary/aromatic N) is 1. The topological polar surface area (TPSA) is 275 Å². The number of ether oxygens (including phenoxy) is 5. The van der Waals surface area contributed by atoms with Gasteiger partial charge in [0.1, 0.15) is 24.9 Å². The van der Waals surface area contributed by atoms with E-state index in [1.807, 2.05) is 0 Å². The van der Waals surface area contributed by atoms with Gasteiger partial charge in [-0.3, -0.25) is 28.8 Å². The first kappa shape index (κ1) is 49.0. The van der Waals surface area contributed by atoms with Crippen LogP contribution in [0.5, 0.6) is 0 Å². The molecule has 58 heavy (non-hydrogen) atoms. The summed E-state index contributed by atoms with van der Waals surface area (Å²) in [6.45, 7) is 7.71. The third-order valence-corrected chi connectivity index (χ3v) is 8.28. The molecule has 7 amide bonds. The number of aliphatic hydroxyl groups excluding tert-OH is 1. The van der Waals surface area contributed by atoms with Gasteiger partial charge in [-0.1, -0.05) is 26.0 Å². The molecule has 0 saturated heterocycles. The van der Waals surface area contributed by atoms with E-state index in [0.29, 0.717) is 45.1 Å². The van der Waals surface area contributed by atoms with Gasteiger partial charge in [-0.2, -0.15) is 0 Å². The zero-order valence-electron chi connectivity index (χ0n) is 33.5. The molecule has 0 aromatic heterocycles. The highest BCUT2D eigenvalue weighted by Gasteiger charge is 2.29. The Balaban J connectivity index is 1.60. The highest BCUT2D eigenvalue weighted by molar-refractivity contribution is 5.98. The van der Waals surface area contributed by atoms with Crippen LogP contribution in [0.3, 0.4) is 0 Å². The first-order chi connectivity index (χ1) is 27.8. The molecular formula is C38H59N7O13.